The topological polar surface area (TPSA) is 81.9 Å². The van der Waals surface area contributed by atoms with Crippen molar-refractivity contribution in [2.24, 2.45) is 7.05 Å². The van der Waals surface area contributed by atoms with Crippen molar-refractivity contribution in [3.8, 4) is 5.75 Å². The van der Waals surface area contributed by atoms with Crippen LogP contribution in [-0.4, -0.2) is 45.5 Å². The number of nitrogens with one attached hydrogen (secondary N) is 1. The number of carbonyl (C=O) groups excluding carboxylic acids is 1. The lowest BCUT2D eigenvalue weighted by atomic mass is 10.2. The lowest BCUT2D eigenvalue weighted by molar-refractivity contribution is 0.0955. The van der Waals surface area contributed by atoms with E-state index in [2.05, 4.69) is 20.8 Å². The van der Waals surface area contributed by atoms with E-state index in [0.29, 0.717) is 23.0 Å². The third kappa shape index (κ3) is 3.91. The van der Waals surface area contributed by atoms with Crippen LogP contribution < -0.4 is 10.1 Å². The maximum absolute atomic E-state index is 13.3. The molecule has 0 fully saturated rings. The van der Waals surface area contributed by atoms with Crippen molar-refractivity contribution < 1.29 is 13.9 Å². The highest BCUT2D eigenvalue weighted by atomic mass is 32.2. The van der Waals surface area contributed by atoms with Crippen LogP contribution in [0.3, 0.4) is 0 Å². The summed E-state index contributed by atoms with van der Waals surface area (Å²) in [7, 11) is 3.09. The van der Waals surface area contributed by atoms with Gasteiger partial charge < -0.3 is 10.1 Å². The zero-order chi connectivity index (χ0) is 15.2. The van der Waals surface area contributed by atoms with E-state index in [4.69, 9.17) is 4.74 Å². The number of halogens is 1. The molecule has 0 unspecified atom stereocenters. The lowest BCUT2D eigenvalue weighted by Gasteiger charge is -2.07. The zero-order valence-corrected chi connectivity index (χ0v) is 12.4. The van der Waals surface area contributed by atoms with E-state index >= 15 is 0 Å². The average molecular weight is 311 g/mol. The van der Waals surface area contributed by atoms with Crippen LogP contribution >= 0.6 is 11.8 Å². The number of aromatic nitrogens is 4. The summed E-state index contributed by atoms with van der Waals surface area (Å²) in [5.41, 5.74) is 0.346. The Bertz CT molecular complexity index is 634. The molecule has 21 heavy (non-hydrogen) atoms. The van der Waals surface area contributed by atoms with E-state index < -0.39 is 5.82 Å². The second-order valence-corrected chi connectivity index (χ2v) is 5.10. The Morgan fingerprint density at radius 1 is 1.52 bits per heavy atom. The Hall–Kier alpha value is -2.16. The number of ether oxygens (including phenoxy) is 1. The molecule has 0 saturated carbocycles. The van der Waals surface area contributed by atoms with Crippen LogP contribution in [-0.2, 0) is 7.05 Å². The highest BCUT2D eigenvalue weighted by Gasteiger charge is 2.10. The van der Waals surface area contributed by atoms with E-state index in [0.717, 1.165) is 0 Å². The molecule has 0 aliphatic heterocycles. The highest BCUT2D eigenvalue weighted by Crippen LogP contribution is 2.18. The molecule has 9 heteroatoms. The molecule has 2 aromatic rings. The molecule has 0 aliphatic rings. The number of methoxy groups -OCH3 is 1. The van der Waals surface area contributed by atoms with E-state index in [-0.39, 0.29) is 11.7 Å². The lowest BCUT2D eigenvalue weighted by Crippen LogP contribution is -2.25. The molecule has 0 spiro atoms. The number of thioether (sulfide) groups is 1. The molecule has 1 heterocycles. The Morgan fingerprint density at radius 3 is 3.00 bits per heavy atom. The first kappa shape index (κ1) is 15.2. The molecule has 112 valence electrons. The predicted octanol–water partition coefficient (Wildman–Crippen LogP) is 0.880. The van der Waals surface area contributed by atoms with Crippen molar-refractivity contribution in [1.82, 2.24) is 25.5 Å². The summed E-state index contributed by atoms with van der Waals surface area (Å²) in [6, 6.07) is 3.98. The van der Waals surface area contributed by atoms with Crippen LogP contribution in [0.1, 0.15) is 10.4 Å². The maximum Gasteiger partial charge on any atom is 0.251 e. The number of hydrogen-bond donors (Lipinski definition) is 1. The van der Waals surface area contributed by atoms with E-state index in [1.807, 2.05) is 0 Å². The summed E-state index contributed by atoms with van der Waals surface area (Å²) in [5.74, 6) is -0.121. The van der Waals surface area contributed by atoms with Gasteiger partial charge in [-0.25, -0.2) is 9.07 Å². The number of rotatable bonds is 6. The molecule has 0 atom stereocenters. The molecule has 0 radical (unpaired) electrons. The van der Waals surface area contributed by atoms with Gasteiger partial charge in [0.25, 0.3) is 5.91 Å². The third-order valence-corrected chi connectivity index (χ3v) is 3.63. The fraction of sp³-hybridized carbons (Fsp3) is 0.333. The maximum atomic E-state index is 13.3. The van der Waals surface area contributed by atoms with Gasteiger partial charge in [-0.05, 0) is 28.6 Å². The molecular weight excluding hydrogens is 297 g/mol. The van der Waals surface area contributed by atoms with Crippen molar-refractivity contribution >= 4 is 17.7 Å². The van der Waals surface area contributed by atoms with Gasteiger partial charge in [0.2, 0.25) is 5.16 Å². The third-order valence-electron chi connectivity index (χ3n) is 2.61. The number of aryl methyl sites for hydroxylation is 1. The molecular formula is C12H14FN5O2S. The van der Waals surface area contributed by atoms with E-state index in [1.165, 1.54) is 37.1 Å². The first-order valence-electron chi connectivity index (χ1n) is 6.08. The number of carbonyl (C=O) groups is 1. The molecule has 1 aromatic carbocycles. The summed E-state index contributed by atoms with van der Waals surface area (Å²) in [6.45, 7) is 0.441. The molecule has 0 bridgehead atoms. The minimum atomic E-state index is -0.501. The van der Waals surface area contributed by atoms with Crippen molar-refractivity contribution in [3.63, 3.8) is 0 Å². The second-order valence-electron chi connectivity index (χ2n) is 4.04. The van der Waals surface area contributed by atoms with Crippen LogP contribution in [0.25, 0.3) is 0 Å². The normalized spacial score (nSPS) is 10.4. The van der Waals surface area contributed by atoms with Gasteiger partial charge >= 0.3 is 0 Å². The van der Waals surface area contributed by atoms with Gasteiger partial charge in [-0.2, -0.15) is 0 Å². The van der Waals surface area contributed by atoms with Gasteiger partial charge in [0, 0.05) is 24.9 Å². The Balaban J connectivity index is 1.83. The standard InChI is InChI=1S/C12H14FN5O2S/c1-18-12(15-16-17-18)21-6-5-14-11(19)8-3-4-9(13)10(7-8)20-2/h3-4,7H,5-6H2,1-2H3,(H,14,19). The smallest absolute Gasteiger partial charge is 0.251 e. The van der Waals surface area contributed by atoms with Crippen LogP contribution in [0.4, 0.5) is 4.39 Å². The van der Waals surface area contributed by atoms with Crippen LogP contribution in [0.5, 0.6) is 5.75 Å². The molecule has 2 rings (SSSR count). The van der Waals surface area contributed by atoms with Crippen molar-refractivity contribution in [1.29, 1.82) is 0 Å². The molecule has 1 amide bonds. The van der Waals surface area contributed by atoms with E-state index in [1.54, 1.807) is 11.7 Å². The second kappa shape index (κ2) is 7.02. The van der Waals surface area contributed by atoms with Gasteiger partial charge in [-0.15, -0.1) is 5.10 Å². The SMILES string of the molecule is COc1cc(C(=O)NCCSc2nnnn2C)ccc1F. The average Bonchev–Trinajstić information content (AvgIpc) is 2.89. The number of nitrogens with zero attached hydrogens (tertiary/aromatic N) is 4. The molecule has 0 saturated heterocycles. The molecule has 0 aliphatic carbocycles. The fourth-order valence-electron chi connectivity index (χ4n) is 1.55. The van der Waals surface area contributed by atoms with Crippen LogP contribution in [0, 0.1) is 5.82 Å². The Morgan fingerprint density at radius 2 is 2.33 bits per heavy atom. The summed E-state index contributed by atoms with van der Waals surface area (Å²) >= 11 is 1.43. The van der Waals surface area contributed by atoms with Gasteiger partial charge in [0.05, 0.1) is 7.11 Å². The van der Waals surface area contributed by atoms with E-state index in [9.17, 15) is 9.18 Å². The van der Waals surface area contributed by atoms with Gasteiger partial charge in [0.1, 0.15) is 0 Å². The fourth-order valence-corrected chi connectivity index (χ4v) is 2.26. The number of tetrazole rings is 1. The van der Waals surface area contributed by atoms with Gasteiger partial charge in [0.15, 0.2) is 11.6 Å². The first-order valence-corrected chi connectivity index (χ1v) is 7.07. The summed E-state index contributed by atoms with van der Waals surface area (Å²) in [6.07, 6.45) is 0. The zero-order valence-electron chi connectivity index (χ0n) is 11.5. The molecule has 7 nitrogen and oxygen atoms in total. The minimum absolute atomic E-state index is 0.0437. The highest BCUT2D eigenvalue weighted by molar-refractivity contribution is 7.99. The minimum Gasteiger partial charge on any atom is -0.494 e. The van der Waals surface area contributed by atoms with Crippen LogP contribution in [0.15, 0.2) is 23.4 Å². The summed E-state index contributed by atoms with van der Waals surface area (Å²) < 4.78 is 19.6. The predicted molar refractivity (Wildman–Crippen MR) is 74.8 cm³/mol. The summed E-state index contributed by atoms with van der Waals surface area (Å²) in [4.78, 5) is 11.9. The number of amides is 1. The van der Waals surface area contributed by atoms with Gasteiger partial charge in [-0.1, -0.05) is 11.8 Å². The Kier molecular flexibility index (Phi) is 5.09. The molecule has 1 N–H and O–H groups in total. The van der Waals surface area contributed by atoms with Crippen molar-refractivity contribution in [2.45, 2.75) is 5.16 Å². The van der Waals surface area contributed by atoms with Crippen LogP contribution in [0.2, 0.25) is 0 Å². The van der Waals surface area contributed by atoms with Crippen molar-refractivity contribution in [2.75, 3.05) is 19.4 Å². The number of hydrogen-bond acceptors (Lipinski definition) is 6. The summed E-state index contributed by atoms with van der Waals surface area (Å²) in [5, 5.41) is 14.4. The number of benzene rings is 1. The largest absolute Gasteiger partial charge is 0.494 e. The van der Waals surface area contributed by atoms with Crippen molar-refractivity contribution in [3.05, 3.63) is 29.6 Å². The Labute approximate surface area is 124 Å². The quantitative estimate of drug-likeness (QED) is 0.630. The van der Waals surface area contributed by atoms with Gasteiger partial charge in [-0.3, -0.25) is 4.79 Å². The molecule has 1 aromatic heterocycles. The monoisotopic (exact) mass is 311 g/mol. The first-order chi connectivity index (χ1) is 10.1.